The molecule has 1 aromatic carbocycles. The molecule has 0 radical (unpaired) electrons. The molecule has 1 amide bonds. The third-order valence-corrected chi connectivity index (χ3v) is 3.21. The molecule has 1 fully saturated rings. The van der Waals surface area contributed by atoms with Crippen LogP contribution in [0.1, 0.15) is 18.1 Å². The van der Waals surface area contributed by atoms with Gasteiger partial charge < -0.3 is 15.3 Å². The summed E-state index contributed by atoms with van der Waals surface area (Å²) in [6, 6.07) is 5.77. The third kappa shape index (κ3) is 2.26. The van der Waals surface area contributed by atoms with E-state index in [1.165, 1.54) is 0 Å². The van der Waals surface area contributed by atoms with Gasteiger partial charge in [0.2, 0.25) is 5.91 Å². The van der Waals surface area contributed by atoms with E-state index in [-0.39, 0.29) is 18.6 Å². The molecule has 0 aromatic heterocycles. The minimum atomic E-state index is -0.184. The predicted octanol–water partition coefficient (Wildman–Crippen LogP) is 0.812. The summed E-state index contributed by atoms with van der Waals surface area (Å²) in [6.07, 6.45) is 0. The van der Waals surface area contributed by atoms with Gasteiger partial charge >= 0.3 is 0 Å². The fourth-order valence-electron chi connectivity index (χ4n) is 2.23. The Kier molecular flexibility index (Phi) is 3.33. The van der Waals surface area contributed by atoms with Gasteiger partial charge in [0.05, 0.1) is 6.61 Å². The van der Waals surface area contributed by atoms with Crippen LogP contribution in [-0.4, -0.2) is 30.1 Å². The number of rotatable bonds is 2. The van der Waals surface area contributed by atoms with Crippen LogP contribution in [0.15, 0.2) is 18.2 Å². The number of piperazine rings is 1. The lowest BCUT2D eigenvalue weighted by atomic mass is 10.1. The summed E-state index contributed by atoms with van der Waals surface area (Å²) in [4.78, 5) is 13.7. The van der Waals surface area contributed by atoms with Crippen molar-refractivity contribution < 1.29 is 9.90 Å². The first-order valence-corrected chi connectivity index (χ1v) is 5.88. The van der Waals surface area contributed by atoms with Gasteiger partial charge in [-0.05, 0) is 19.9 Å². The molecule has 4 nitrogen and oxygen atoms in total. The van der Waals surface area contributed by atoms with E-state index >= 15 is 0 Å². The minimum Gasteiger partial charge on any atom is -0.392 e. The first-order valence-electron chi connectivity index (χ1n) is 5.88. The maximum atomic E-state index is 11.6. The Morgan fingerprint density at radius 2 is 2.29 bits per heavy atom. The summed E-state index contributed by atoms with van der Waals surface area (Å²) in [7, 11) is 0. The zero-order valence-electron chi connectivity index (χ0n) is 10.2. The molecule has 1 atom stereocenters. The fourth-order valence-corrected chi connectivity index (χ4v) is 2.23. The van der Waals surface area contributed by atoms with Crippen molar-refractivity contribution in [3.8, 4) is 0 Å². The Morgan fingerprint density at radius 1 is 1.53 bits per heavy atom. The highest BCUT2D eigenvalue weighted by Crippen LogP contribution is 2.25. The normalized spacial score (nSPS) is 20.3. The van der Waals surface area contributed by atoms with Gasteiger partial charge in [-0.15, -0.1) is 0 Å². The van der Waals surface area contributed by atoms with Crippen LogP contribution < -0.4 is 10.2 Å². The van der Waals surface area contributed by atoms with Gasteiger partial charge in [-0.25, -0.2) is 0 Å². The third-order valence-electron chi connectivity index (χ3n) is 3.21. The molecule has 1 aliphatic heterocycles. The Hall–Kier alpha value is -1.55. The van der Waals surface area contributed by atoms with Crippen molar-refractivity contribution in [1.82, 2.24) is 5.32 Å². The van der Waals surface area contributed by atoms with E-state index in [1.54, 1.807) is 0 Å². The molecule has 17 heavy (non-hydrogen) atoms. The lowest BCUT2D eigenvalue weighted by Crippen LogP contribution is -2.54. The second-order valence-electron chi connectivity index (χ2n) is 4.45. The SMILES string of the molecule is Cc1ccc(N2CCNC(=O)C2C)c(CO)c1. The van der Waals surface area contributed by atoms with Crippen LogP contribution in [-0.2, 0) is 11.4 Å². The summed E-state index contributed by atoms with van der Waals surface area (Å²) in [5.74, 6) is 0.0423. The Labute approximate surface area is 101 Å². The molecule has 92 valence electrons. The molecular weight excluding hydrogens is 216 g/mol. The zero-order chi connectivity index (χ0) is 12.4. The van der Waals surface area contributed by atoms with Crippen molar-refractivity contribution in [1.29, 1.82) is 0 Å². The smallest absolute Gasteiger partial charge is 0.242 e. The molecule has 0 saturated carbocycles. The molecule has 0 aliphatic carbocycles. The Morgan fingerprint density at radius 3 is 3.00 bits per heavy atom. The van der Waals surface area contributed by atoms with Crippen LogP contribution in [0.3, 0.4) is 0 Å². The fraction of sp³-hybridized carbons (Fsp3) is 0.462. The highest BCUT2D eigenvalue weighted by Gasteiger charge is 2.26. The number of nitrogens with one attached hydrogen (secondary N) is 1. The summed E-state index contributed by atoms with van der Waals surface area (Å²) in [6.45, 7) is 5.32. The largest absolute Gasteiger partial charge is 0.392 e. The van der Waals surface area contributed by atoms with E-state index in [0.29, 0.717) is 6.54 Å². The van der Waals surface area contributed by atoms with Gasteiger partial charge in [0.15, 0.2) is 0 Å². The number of amides is 1. The van der Waals surface area contributed by atoms with Gasteiger partial charge in [-0.2, -0.15) is 0 Å². The Balaban J connectivity index is 2.35. The number of benzene rings is 1. The lowest BCUT2D eigenvalue weighted by Gasteiger charge is -2.35. The number of carbonyl (C=O) groups is 1. The number of aliphatic hydroxyl groups excluding tert-OH is 1. The minimum absolute atomic E-state index is 0.00184. The van der Waals surface area contributed by atoms with Gasteiger partial charge in [-0.1, -0.05) is 17.7 Å². The summed E-state index contributed by atoms with van der Waals surface area (Å²) in [5.41, 5.74) is 2.96. The monoisotopic (exact) mass is 234 g/mol. The molecular formula is C13H18N2O2. The molecule has 0 bridgehead atoms. The molecule has 2 N–H and O–H groups in total. The van der Waals surface area contributed by atoms with Gasteiger partial charge in [0.25, 0.3) is 0 Å². The number of aliphatic hydroxyl groups is 1. The van der Waals surface area contributed by atoms with Crippen molar-refractivity contribution in [3.05, 3.63) is 29.3 Å². The average Bonchev–Trinajstić information content (AvgIpc) is 2.33. The van der Waals surface area contributed by atoms with Gasteiger partial charge in [-0.3, -0.25) is 4.79 Å². The average molecular weight is 234 g/mol. The maximum Gasteiger partial charge on any atom is 0.242 e. The van der Waals surface area contributed by atoms with Crippen LogP contribution >= 0.6 is 0 Å². The van der Waals surface area contributed by atoms with Crippen molar-refractivity contribution in [2.24, 2.45) is 0 Å². The quantitative estimate of drug-likeness (QED) is 0.796. The zero-order valence-corrected chi connectivity index (χ0v) is 10.2. The second-order valence-corrected chi connectivity index (χ2v) is 4.45. The highest BCUT2D eigenvalue weighted by atomic mass is 16.3. The summed E-state index contributed by atoms with van der Waals surface area (Å²) in [5, 5.41) is 12.2. The van der Waals surface area contributed by atoms with Crippen molar-refractivity contribution in [2.75, 3.05) is 18.0 Å². The molecule has 4 heteroatoms. The van der Waals surface area contributed by atoms with E-state index in [2.05, 4.69) is 5.32 Å². The van der Waals surface area contributed by atoms with E-state index in [1.807, 2.05) is 36.9 Å². The lowest BCUT2D eigenvalue weighted by molar-refractivity contribution is -0.122. The van der Waals surface area contributed by atoms with E-state index in [9.17, 15) is 9.90 Å². The Bertz CT molecular complexity index is 431. The van der Waals surface area contributed by atoms with Crippen molar-refractivity contribution in [3.63, 3.8) is 0 Å². The van der Waals surface area contributed by atoms with Crippen molar-refractivity contribution in [2.45, 2.75) is 26.5 Å². The number of nitrogens with zero attached hydrogens (tertiary/aromatic N) is 1. The molecule has 1 aromatic rings. The molecule has 1 saturated heterocycles. The van der Waals surface area contributed by atoms with Crippen molar-refractivity contribution >= 4 is 11.6 Å². The van der Waals surface area contributed by atoms with Crippen LogP contribution in [0.2, 0.25) is 0 Å². The van der Waals surface area contributed by atoms with Crippen LogP contribution in [0.4, 0.5) is 5.69 Å². The number of aryl methyl sites for hydroxylation is 1. The van der Waals surface area contributed by atoms with Crippen LogP contribution in [0, 0.1) is 6.92 Å². The number of anilines is 1. The topological polar surface area (TPSA) is 52.6 Å². The van der Waals surface area contributed by atoms with Crippen LogP contribution in [0.25, 0.3) is 0 Å². The first-order chi connectivity index (χ1) is 8.13. The number of hydrogen-bond acceptors (Lipinski definition) is 3. The van der Waals surface area contributed by atoms with Crippen LogP contribution in [0.5, 0.6) is 0 Å². The summed E-state index contributed by atoms with van der Waals surface area (Å²) < 4.78 is 0. The predicted molar refractivity (Wildman–Crippen MR) is 66.9 cm³/mol. The molecule has 2 rings (SSSR count). The number of hydrogen-bond donors (Lipinski definition) is 2. The summed E-state index contributed by atoms with van der Waals surface area (Å²) >= 11 is 0. The van der Waals surface area contributed by atoms with E-state index in [0.717, 1.165) is 23.4 Å². The number of carbonyl (C=O) groups excluding carboxylic acids is 1. The molecule has 1 aliphatic rings. The van der Waals surface area contributed by atoms with E-state index in [4.69, 9.17) is 0 Å². The first kappa shape index (κ1) is 11.9. The van der Waals surface area contributed by atoms with E-state index < -0.39 is 0 Å². The molecule has 1 heterocycles. The van der Waals surface area contributed by atoms with Gasteiger partial charge in [0, 0.05) is 24.3 Å². The second kappa shape index (κ2) is 4.75. The van der Waals surface area contributed by atoms with Gasteiger partial charge in [0.1, 0.15) is 6.04 Å². The molecule has 0 spiro atoms. The maximum absolute atomic E-state index is 11.6. The standard InChI is InChI=1S/C13H18N2O2/c1-9-3-4-12(11(7-9)8-16)15-6-5-14-13(17)10(15)2/h3-4,7,10,16H,5-6,8H2,1-2H3,(H,14,17). The highest BCUT2D eigenvalue weighted by molar-refractivity contribution is 5.86. The molecule has 1 unspecified atom stereocenters.